The van der Waals surface area contributed by atoms with Gasteiger partial charge in [-0.3, -0.25) is 4.79 Å². The number of carbonyl (C=O) groups is 1. The van der Waals surface area contributed by atoms with Crippen molar-refractivity contribution >= 4 is 23.2 Å². The van der Waals surface area contributed by atoms with Crippen LogP contribution in [-0.2, 0) is 4.79 Å². The lowest BCUT2D eigenvalue weighted by Gasteiger charge is -2.07. The van der Waals surface area contributed by atoms with Crippen LogP contribution in [0.3, 0.4) is 0 Å². The second-order valence-corrected chi connectivity index (χ2v) is 5.28. The van der Waals surface area contributed by atoms with Gasteiger partial charge in [-0.15, -0.1) is 0 Å². The molecular weight excluding hydrogens is 272 g/mol. The summed E-state index contributed by atoms with van der Waals surface area (Å²) in [6.45, 7) is 2.19. The van der Waals surface area contributed by atoms with E-state index in [0.717, 1.165) is 12.8 Å². The number of nitrogens with zero attached hydrogens (tertiary/aromatic N) is 1. The third-order valence-corrected chi connectivity index (χ3v) is 3.44. The molecule has 0 aliphatic rings. The van der Waals surface area contributed by atoms with E-state index in [1.54, 1.807) is 18.2 Å². The summed E-state index contributed by atoms with van der Waals surface area (Å²) in [6, 6.07) is 6.88. The van der Waals surface area contributed by atoms with Crippen molar-refractivity contribution in [2.45, 2.75) is 51.9 Å². The number of amides is 1. The Labute approximate surface area is 125 Å². The van der Waals surface area contributed by atoms with Gasteiger partial charge in [-0.25, -0.2) is 0 Å². The quantitative estimate of drug-likeness (QED) is 0.693. The Balaban J connectivity index is 2.30. The second-order valence-electron chi connectivity index (χ2n) is 4.87. The predicted octanol–water partition coefficient (Wildman–Crippen LogP) is 4.90. The Morgan fingerprint density at radius 3 is 2.60 bits per heavy atom. The fraction of sp³-hybridized carbons (Fsp3) is 0.500. The van der Waals surface area contributed by atoms with Crippen LogP contribution in [0.1, 0.15) is 57.4 Å². The molecule has 3 nitrogen and oxygen atoms in total. The minimum atomic E-state index is -0.0212. The SMILES string of the molecule is CCCCCCCCC(=O)Nc1ccc(C#N)cc1Cl. The highest BCUT2D eigenvalue weighted by atomic mass is 35.5. The zero-order valence-corrected chi connectivity index (χ0v) is 12.7. The first-order valence-corrected chi connectivity index (χ1v) is 7.54. The van der Waals surface area contributed by atoms with Gasteiger partial charge >= 0.3 is 0 Å². The standard InChI is InChI=1S/C16H21ClN2O/c1-2-3-4-5-6-7-8-16(20)19-15-10-9-13(12-18)11-14(15)17/h9-11H,2-8H2,1H3,(H,19,20). The molecule has 1 N–H and O–H groups in total. The Bertz CT molecular complexity index is 480. The second kappa shape index (κ2) is 9.39. The molecule has 1 rings (SSSR count). The number of carbonyl (C=O) groups excluding carboxylic acids is 1. The molecule has 0 spiro atoms. The first-order valence-electron chi connectivity index (χ1n) is 7.17. The molecule has 0 saturated carbocycles. The van der Waals surface area contributed by atoms with E-state index in [4.69, 9.17) is 16.9 Å². The average molecular weight is 293 g/mol. The Morgan fingerprint density at radius 2 is 1.95 bits per heavy atom. The number of benzene rings is 1. The summed E-state index contributed by atoms with van der Waals surface area (Å²) < 4.78 is 0. The third kappa shape index (κ3) is 6.08. The van der Waals surface area contributed by atoms with Crippen LogP contribution in [0.25, 0.3) is 0 Å². The van der Waals surface area contributed by atoms with E-state index in [-0.39, 0.29) is 5.91 Å². The Hall–Kier alpha value is -1.53. The van der Waals surface area contributed by atoms with E-state index in [2.05, 4.69) is 12.2 Å². The van der Waals surface area contributed by atoms with Crippen molar-refractivity contribution in [1.82, 2.24) is 0 Å². The van der Waals surface area contributed by atoms with Crippen molar-refractivity contribution in [2.75, 3.05) is 5.32 Å². The molecule has 0 aromatic heterocycles. The van der Waals surface area contributed by atoms with Crippen LogP contribution in [-0.4, -0.2) is 5.91 Å². The number of nitrogens with one attached hydrogen (secondary N) is 1. The molecule has 1 amide bonds. The van der Waals surface area contributed by atoms with E-state index in [1.165, 1.54) is 25.7 Å². The highest BCUT2D eigenvalue weighted by molar-refractivity contribution is 6.33. The van der Waals surface area contributed by atoms with E-state index >= 15 is 0 Å². The molecule has 0 aliphatic carbocycles. The summed E-state index contributed by atoms with van der Waals surface area (Å²) in [5.74, 6) is -0.0212. The zero-order chi connectivity index (χ0) is 14.8. The molecular formula is C16H21ClN2O. The highest BCUT2D eigenvalue weighted by Crippen LogP contribution is 2.23. The van der Waals surface area contributed by atoms with Gasteiger partial charge in [0.1, 0.15) is 0 Å². The lowest BCUT2D eigenvalue weighted by molar-refractivity contribution is -0.116. The fourth-order valence-corrected chi connectivity index (χ4v) is 2.19. The van der Waals surface area contributed by atoms with Crippen molar-refractivity contribution < 1.29 is 4.79 Å². The molecule has 0 saturated heterocycles. The van der Waals surface area contributed by atoms with E-state index in [9.17, 15) is 4.79 Å². The van der Waals surface area contributed by atoms with Gasteiger partial charge < -0.3 is 5.32 Å². The van der Waals surface area contributed by atoms with Crippen LogP contribution >= 0.6 is 11.6 Å². The van der Waals surface area contributed by atoms with Crippen molar-refractivity contribution in [2.24, 2.45) is 0 Å². The maximum absolute atomic E-state index is 11.8. The van der Waals surface area contributed by atoms with Gasteiger partial charge in [0.2, 0.25) is 5.91 Å². The summed E-state index contributed by atoms with van der Waals surface area (Å²) in [5, 5.41) is 11.9. The van der Waals surface area contributed by atoms with Gasteiger partial charge in [-0.2, -0.15) is 5.26 Å². The topological polar surface area (TPSA) is 52.9 Å². The van der Waals surface area contributed by atoms with Crippen molar-refractivity contribution in [1.29, 1.82) is 5.26 Å². The van der Waals surface area contributed by atoms with Crippen LogP contribution in [0, 0.1) is 11.3 Å². The number of hydrogen-bond donors (Lipinski definition) is 1. The molecule has 20 heavy (non-hydrogen) atoms. The van der Waals surface area contributed by atoms with Crippen LogP contribution in [0.4, 0.5) is 5.69 Å². The molecule has 0 unspecified atom stereocenters. The molecule has 0 heterocycles. The monoisotopic (exact) mass is 292 g/mol. The first-order chi connectivity index (χ1) is 9.67. The minimum absolute atomic E-state index is 0.0212. The predicted molar refractivity (Wildman–Crippen MR) is 82.8 cm³/mol. The number of unbranched alkanes of at least 4 members (excludes halogenated alkanes) is 5. The summed E-state index contributed by atoms with van der Waals surface area (Å²) in [5.41, 5.74) is 1.06. The van der Waals surface area contributed by atoms with Gasteiger partial charge in [-0.05, 0) is 24.6 Å². The molecule has 0 aliphatic heterocycles. The molecule has 4 heteroatoms. The number of nitriles is 1. The van der Waals surface area contributed by atoms with Crippen molar-refractivity contribution in [3.63, 3.8) is 0 Å². The van der Waals surface area contributed by atoms with E-state index in [0.29, 0.717) is 22.7 Å². The van der Waals surface area contributed by atoms with Gasteiger partial charge in [0.25, 0.3) is 0 Å². The maximum atomic E-state index is 11.8. The van der Waals surface area contributed by atoms with Crippen LogP contribution < -0.4 is 5.32 Å². The van der Waals surface area contributed by atoms with Crippen molar-refractivity contribution in [3.05, 3.63) is 28.8 Å². The molecule has 0 fully saturated rings. The lowest BCUT2D eigenvalue weighted by atomic mass is 10.1. The molecule has 1 aromatic carbocycles. The molecule has 1 aromatic rings. The molecule has 0 atom stereocenters. The number of hydrogen-bond acceptors (Lipinski definition) is 2. The zero-order valence-electron chi connectivity index (χ0n) is 11.9. The Kier molecular flexibility index (Phi) is 7.75. The van der Waals surface area contributed by atoms with Gasteiger partial charge in [0.15, 0.2) is 0 Å². The molecule has 0 radical (unpaired) electrons. The highest BCUT2D eigenvalue weighted by Gasteiger charge is 2.06. The van der Waals surface area contributed by atoms with Crippen LogP contribution in [0.15, 0.2) is 18.2 Å². The van der Waals surface area contributed by atoms with E-state index in [1.807, 2.05) is 6.07 Å². The number of halogens is 1. The maximum Gasteiger partial charge on any atom is 0.224 e. The fourth-order valence-electron chi connectivity index (χ4n) is 1.96. The minimum Gasteiger partial charge on any atom is -0.325 e. The summed E-state index contributed by atoms with van der Waals surface area (Å²) in [4.78, 5) is 11.8. The summed E-state index contributed by atoms with van der Waals surface area (Å²) >= 11 is 6.00. The van der Waals surface area contributed by atoms with Gasteiger partial charge in [-0.1, -0.05) is 50.6 Å². The number of rotatable bonds is 8. The van der Waals surface area contributed by atoms with Crippen molar-refractivity contribution in [3.8, 4) is 6.07 Å². The molecule has 108 valence electrons. The average Bonchev–Trinajstić information content (AvgIpc) is 2.45. The smallest absolute Gasteiger partial charge is 0.224 e. The first kappa shape index (κ1) is 16.5. The normalized spacial score (nSPS) is 10.1. The van der Waals surface area contributed by atoms with Gasteiger partial charge in [0.05, 0.1) is 22.3 Å². The number of anilines is 1. The van der Waals surface area contributed by atoms with Crippen LogP contribution in [0.5, 0.6) is 0 Å². The summed E-state index contributed by atoms with van der Waals surface area (Å²) in [7, 11) is 0. The largest absolute Gasteiger partial charge is 0.325 e. The lowest BCUT2D eigenvalue weighted by Crippen LogP contribution is -2.11. The summed E-state index contributed by atoms with van der Waals surface area (Å²) in [6.07, 6.45) is 7.46. The van der Waals surface area contributed by atoms with Gasteiger partial charge in [0, 0.05) is 6.42 Å². The van der Waals surface area contributed by atoms with E-state index < -0.39 is 0 Å². The van der Waals surface area contributed by atoms with Crippen LogP contribution in [0.2, 0.25) is 5.02 Å². The molecule has 0 bridgehead atoms. The third-order valence-electron chi connectivity index (χ3n) is 3.13. The Morgan fingerprint density at radius 1 is 1.25 bits per heavy atom.